The van der Waals surface area contributed by atoms with Crippen molar-refractivity contribution in [2.75, 3.05) is 5.73 Å². The lowest BCUT2D eigenvalue weighted by Gasteiger charge is -2.08. The molecular weight excluding hydrogens is 290 g/mol. The summed E-state index contributed by atoms with van der Waals surface area (Å²) in [5, 5.41) is 7.89. The summed E-state index contributed by atoms with van der Waals surface area (Å²) in [6, 6.07) is 15.1. The molecule has 2 aromatic carbocycles. The smallest absolute Gasteiger partial charge is 0.313 e. The van der Waals surface area contributed by atoms with Gasteiger partial charge in [0.1, 0.15) is 12.4 Å². The maximum absolute atomic E-state index is 6.21. The van der Waals surface area contributed by atoms with Crippen LogP contribution in [0.3, 0.4) is 0 Å². The molecule has 0 saturated carbocycles. The van der Waals surface area contributed by atoms with Crippen LogP contribution < -0.4 is 10.5 Å². The number of aromatic nitrogens is 2. The van der Waals surface area contributed by atoms with Crippen molar-refractivity contribution >= 4 is 17.6 Å². The molecule has 5 nitrogen and oxygen atoms in total. The van der Waals surface area contributed by atoms with E-state index in [2.05, 4.69) is 10.2 Å². The first-order valence-electron chi connectivity index (χ1n) is 6.28. The van der Waals surface area contributed by atoms with E-state index in [1.54, 1.807) is 18.2 Å². The molecule has 0 aliphatic rings. The van der Waals surface area contributed by atoms with E-state index >= 15 is 0 Å². The van der Waals surface area contributed by atoms with Crippen LogP contribution in [0.15, 0.2) is 52.9 Å². The number of rotatable bonds is 4. The van der Waals surface area contributed by atoms with Gasteiger partial charge in [-0.05, 0) is 23.8 Å². The number of hydrogen-bond acceptors (Lipinski definition) is 5. The molecule has 0 spiro atoms. The van der Waals surface area contributed by atoms with Crippen LogP contribution in [-0.2, 0) is 6.61 Å². The number of hydrogen-bond donors (Lipinski definition) is 1. The van der Waals surface area contributed by atoms with E-state index < -0.39 is 0 Å². The summed E-state index contributed by atoms with van der Waals surface area (Å²) in [6.45, 7) is 0.452. The van der Waals surface area contributed by atoms with E-state index in [1.165, 1.54) is 0 Å². The van der Waals surface area contributed by atoms with Gasteiger partial charge in [0.2, 0.25) is 5.89 Å². The second-order valence-electron chi connectivity index (χ2n) is 4.36. The molecule has 0 amide bonds. The van der Waals surface area contributed by atoms with Gasteiger partial charge in [-0.2, -0.15) is 0 Å². The summed E-state index contributed by atoms with van der Waals surface area (Å²) in [5.74, 6) is 0.917. The minimum absolute atomic E-state index is 0.0190. The van der Waals surface area contributed by atoms with Crippen LogP contribution in [0.5, 0.6) is 5.75 Å². The molecule has 0 saturated heterocycles. The molecule has 0 bridgehead atoms. The van der Waals surface area contributed by atoms with Gasteiger partial charge in [0.25, 0.3) is 0 Å². The Labute approximate surface area is 126 Å². The standard InChI is InChI=1S/C15H12ClN3O2/c16-12-8-11(14-18-19-15(17)21-14)6-7-13(12)20-9-10-4-2-1-3-5-10/h1-8H,9H2,(H2,17,19). The SMILES string of the molecule is Nc1nnc(-c2ccc(OCc3ccccc3)c(Cl)c2)o1. The highest BCUT2D eigenvalue weighted by molar-refractivity contribution is 6.32. The van der Waals surface area contributed by atoms with Gasteiger partial charge < -0.3 is 14.9 Å². The van der Waals surface area contributed by atoms with Gasteiger partial charge in [0, 0.05) is 5.56 Å². The lowest BCUT2D eigenvalue weighted by Crippen LogP contribution is -1.95. The van der Waals surface area contributed by atoms with Gasteiger partial charge in [-0.15, -0.1) is 5.10 Å². The minimum atomic E-state index is 0.0190. The Morgan fingerprint density at radius 1 is 1.10 bits per heavy atom. The fraction of sp³-hybridized carbons (Fsp3) is 0.0667. The first-order valence-corrected chi connectivity index (χ1v) is 6.66. The lowest BCUT2D eigenvalue weighted by molar-refractivity contribution is 0.306. The molecule has 6 heteroatoms. The molecule has 1 heterocycles. The highest BCUT2D eigenvalue weighted by Gasteiger charge is 2.10. The number of ether oxygens (including phenoxy) is 1. The fourth-order valence-electron chi connectivity index (χ4n) is 1.84. The predicted octanol–water partition coefficient (Wildman–Crippen LogP) is 3.55. The van der Waals surface area contributed by atoms with E-state index in [4.69, 9.17) is 26.5 Å². The van der Waals surface area contributed by atoms with Crippen molar-refractivity contribution in [1.29, 1.82) is 0 Å². The molecule has 21 heavy (non-hydrogen) atoms. The van der Waals surface area contributed by atoms with E-state index in [1.807, 2.05) is 30.3 Å². The van der Waals surface area contributed by atoms with Crippen LogP contribution in [-0.4, -0.2) is 10.2 Å². The van der Waals surface area contributed by atoms with E-state index in [0.29, 0.717) is 28.8 Å². The van der Waals surface area contributed by atoms with Gasteiger partial charge >= 0.3 is 6.01 Å². The Morgan fingerprint density at radius 3 is 2.57 bits per heavy atom. The Bertz CT molecular complexity index is 744. The summed E-state index contributed by atoms with van der Waals surface area (Å²) in [6.07, 6.45) is 0. The number of nitrogen functional groups attached to an aromatic ring is 1. The molecule has 1 aromatic heterocycles. The molecular formula is C15H12ClN3O2. The van der Waals surface area contributed by atoms with Gasteiger partial charge in [0.05, 0.1) is 5.02 Å². The van der Waals surface area contributed by atoms with Gasteiger partial charge in [-0.25, -0.2) is 0 Å². The Hall–Kier alpha value is -2.53. The maximum atomic E-state index is 6.21. The van der Waals surface area contributed by atoms with Gasteiger partial charge in [-0.1, -0.05) is 47.0 Å². The van der Waals surface area contributed by atoms with Crippen LogP contribution in [0.4, 0.5) is 6.01 Å². The summed E-state index contributed by atoms with van der Waals surface area (Å²) < 4.78 is 10.8. The molecule has 0 atom stereocenters. The van der Waals surface area contributed by atoms with Gasteiger partial charge in [-0.3, -0.25) is 0 Å². The number of nitrogens with two attached hydrogens (primary N) is 1. The van der Waals surface area contributed by atoms with Crippen molar-refractivity contribution in [1.82, 2.24) is 10.2 Å². The molecule has 2 N–H and O–H groups in total. The summed E-state index contributed by atoms with van der Waals surface area (Å²) in [5.41, 5.74) is 7.16. The fourth-order valence-corrected chi connectivity index (χ4v) is 2.07. The number of halogens is 1. The largest absolute Gasteiger partial charge is 0.487 e. The Morgan fingerprint density at radius 2 is 1.90 bits per heavy atom. The molecule has 0 aliphatic carbocycles. The first kappa shape index (κ1) is 13.5. The summed E-state index contributed by atoms with van der Waals surface area (Å²) in [4.78, 5) is 0. The van der Waals surface area contributed by atoms with Crippen molar-refractivity contribution in [3.8, 4) is 17.2 Å². The van der Waals surface area contributed by atoms with Gasteiger partial charge in [0.15, 0.2) is 0 Å². The molecule has 0 fully saturated rings. The Balaban J connectivity index is 1.75. The topological polar surface area (TPSA) is 74.2 Å². The van der Waals surface area contributed by atoms with Crippen molar-refractivity contribution in [2.45, 2.75) is 6.61 Å². The third-order valence-electron chi connectivity index (χ3n) is 2.86. The highest BCUT2D eigenvalue weighted by atomic mass is 35.5. The van der Waals surface area contributed by atoms with Crippen molar-refractivity contribution < 1.29 is 9.15 Å². The van der Waals surface area contributed by atoms with Crippen LogP contribution in [0.1, 0.15) is 5.56 Å². The first-order chi connectivity index (χ1) is 10.2. The zero-order valence-electron chi connectivity index (χ0n) is 11.0. The summed E-state index contributed by atoms with van der Waals surface area (Å²) >= 11 is 6.21. The van der Waals surface area contributed by atoms with Crippen molar-refractivity contribution in [3.63, 3.8) is 0 Å². The van der Waals surface area contributed by atoms with Crippen LogP contribution in [0.2, 0.25) is 5.02 Å². The highest BCUT2D eigenvalue weighted by Crippen LogP contribution is 2.30. The summed E-state index contributed by atoms with van der Waals surface area (Å²) in [7, 11) is 0. The maximum Gasteiger partial charge on any atom is 0.313 e. The van der Waals surface area contributed by atoms with E-state index in [9.17, 15) is 0 Å². The molecule has 106 valence electrons. The minimum Gasteiger partial charge on any atom is -0.487 e. The van der Waals surface area contributed by atoms with E-state index in [0.717, 1.165) is 5.56 Å². The number of anilines is 1. The number of benzene rings is 2. The quantitative estimate of drug-likeness (QED) is 0.797. The Kier molecular flexibility index (Phi) is 3.75. The van der Waals surface area contributed by atoms with Crippen LogP contribution >= 0.6 is 11.6 Å². The second-order valence-corrected chi connectivity index (χ2v) is 4.77. The molecule has 3 aromatic rings. The molecule has 0 aliphatic heterocycles. The van der Waals surface area contributed by atoms with E-state index in [-0.39, 0.29) is 6.01 Å². The third kappa shape index (κ3) is 3.14. The molecule has 3 rings (SSSR count). The monoisotopic (exact) mass is 301 g/mol. The van der Waals surface area contributed by atoms with Crippen molar-refractivity contribution in [2.24, 2.45) is 0 Å². The lowest BCUT2D eigenvalue weighted by atomic mass is 10.2. The average Bonchev–Trinajstić information content (AvgIpc) is 2.93. The van der Waals surface area contributed by atoms with Crippen molar-refractivity contribution in [3.05, 3.63) is 59.1 Å². The van der Waals surface area contributed by atoms with Crippen LogP contribution in [0, 0.1) is 0 Å². The zero-order valence-corrected chi connectivity index (χ0v) is 11.7. The molecule has 0 unspecified atom stereocenters. The third-order valence-corrected chi connectivity index (χ3v) is 3.15. The predicted molar refractivity (Wildman–Crippen MR) is 79.9 cm³/mol. The van der Waals surface area contributed by atoms with Crippen LogP contribution in [0.25, 0.3) is 11.5 Å². The second kappa shape index (κ2) is 5.85. The molecule has 0 radical (unpaired) electrons. The number of nitrogens with zero attached hydrogens (tertiary/aromatic N) is 2. The zero-order chi connectivity index (χ0) is 14.7. The normalized spacial score (nSPS) is 10.5. The average molecular weight is 302 g/mol.